The lowest BCUT2D eigenvalue weighted by Crippen LogP contribution is -2.41. The first kappa shape index (κ1) is 15.7. The Balaban J connectivity index is 2.05. The van der Waals surface area contributed by atoms with Crippen LogP contribution in [0.1, 0.15) is 32.3 Å². The van der Waals surface area contributed by atoms with Crippen LogP contribution in [0.2, 0.25) is 5.02 Å². The van der Waals surface area contributed by atoms with Crippen molar-refractivity contribution in [2.45, 2.75) is 39.3 Å². The molecule has 2 nitrogen and oxygen atoms in total. The second kappa shape index (κ2) is 7.39. The lowest BCUT2D eigenvalue weighted by Gasteiger charge is -2.28. The van der Waals surface area contributed by atoms with Crippen LogP contribution in [-0.2, 0) is 6.54 Å². The first-order chi connectivity index (χ1) is 9.60. The Morgan fingerprint density at radius 2 is 2.30 bits per heavy atom. The molecule has 1 aliphatic rings. The van der Waals surface area contributed by atoms with Crippen LogP contribution in [0.3, 0.4) is 0 Å². The number of hydrogen-bond donors (Lipinski definition) is 1. The maximum Gasteiger partial charge on any atom is 0.123 e. The Morgan fingerprint density at radius 3 is 3.05 bits per heavy atom. The summed E-state index contributed by atoms with van der Waals surface area (Å²) in [4.78, 5) is 2.39. The maximum atomic E-state index is 13.4. The highest BCUT2D eigenvalue weighted by atomic mass is 35.5. The molecule has 2 rings (SSSR count). The van der Waals surface area contributed by atoms with Crippen molar-refractivity contribution in [2.75, 3.05) is 19.6 Å². The van der Waals surface area contributed by atoms with Gasteiger partial charge >= 0.3 is 0 Å². The third kappa shape index (κ3) is 4.18. The van der Waals surface area contributed by atoms with Crippen LogP contribution in [0.4, 0.5) is 4.39 Å². The fourth-order valence-electron chi connectivity index (χ4n) is 2.74. The number of hydrogen-bond acceptors (Lipinski definition) is 2. The molecule has 20 heavy (non-hydrogen) atoms. The molecule has 2 unspecified atom stereocenters. The molecule has 0 spiro atoms. The smallest absolute Gasteiger partial charge is 0.123 e. The van der Waals surface area contributed by atoms with E-state index in [2.05, 4.69) is 24.1 Å². The van der Waals surface area contributed by atoms with Crippen LogP contribution in [0.15, 0.2) is 18.2 Å². The summed E-state index contributed by atoms with van der Waals surface area (Å²) in [6.07, 6.45) is 2.30. The van der Waals surface area contributed by atoms with E-state index in [1.807, 2.05) is 0 Å². The van der Waals surface area contributed by atoms with Gasteiger partial charge in [0.05, 0.1) is 0 Å². The zero-order chi connectivity index (χ0) is 14.5. The van der Waals surface area contributed by atoms with Crippen molar-refractivity contribution in [1.29, 1.82) is 0 Å². The van der Waals surface area contributed by atoms with E-state index in [4.69, 9.17) is 11.6 Å². The molecule has 1 aromatic rings. The van der Waals surface area contributed by atoms with Crippen LogP contribution in [0.5, 0.6) is 0 Å². The molecule has 4 heteroatoms. The summed E-state index contributed by atoms with van der Waals surface area (Å²) in [5, 5.41) is 4.28. The Labute approximate surface area is 126 Å². The number of nitrogens with zero attached hydrogens (tertiary/aromatic N) is 1. The topological polar surface area (TPSA) is 15.3 Å². The van der Waals surface area contributed by atoms with E-state index in [0.29, 0.717) is 17.0 Å². The fourth-order valence-corrected chi connectivity index (χ4v) is 2.92. The monoisotopic (exact) mass is 298 g/mol. The highest BCUT2D eigenvalue weighted by molar-refractivity contribution is 6.31. The van der Waals surface area contributed by atoms with Crippen molar-refractivity contribution in [2.24, 2.45) is 5.92 Å². The molecule has 0 aliphatic carbocycles. The number of benzene rings is 1. The largest absolute Gasteiger partial charge is 0.312 e. The summed E-state index contributed by atoms with van der Waals surface area (Å²) in [5.74, 6) is 0.439. The average Bonchev–Trinajstić information content (AvgIpc) is 2.67. The first-order valence-corrected chi connectivity index (χ1v) is 7.87. The van der Waals surface area contributed by atoms with Gasteiger partial charge in [-0.05, 0) is 49.2 Å². The van der Waals surface area contributed by atoms with E-state index < -0.39 is 0 Å². The van der Waals surface area contributed by atoms with Crippen LogP contribution in [-0.4, -0.2) is 30.6 Å². The molecular weight excluding hydrogens is 275 g/mol. The van der Waals surface area contributed by atoms with Gasteiger partial charge in [0, 0.05) is 24.2 Å². The molecule has 0 saturated carbocycles. The SMILES string of the molecule is CCC(C)C1CN(Cc2cc(F)ccc2Cl)CCCN1. The van der Waals surface area contributed by atoms with Crippen LogP contribution < -0.4 is 5.32 Å². The van der Waals surface area contributed by atoms with Gasteiger partial charge in [-0.15, -0.1) is 0 Å². The molecular formula is C16H24ClFN2. The molecule has 1 heterocycles. The third-order valence-corrected chi connectivity index (χ3v) is 4.61. The van der Waals surface area contributed by atoms with Crippen molar-refractivity contribution >= 4 is 11.6 Å². The van der Waals surface area contributed by atoms with E-state index >= 15 is 0 Å². The molecule has 1 N–H and O–H groups in total. The first-order valence-electron chi connectivity index (χ1n) is 7.49. The zero-order valence-corrected chi connectivity index (χ0v) is 13.1. The minimum absolute atomic E-state index is 0.212. The van der Waals surface area contributed by atoms with Gasteiger partial charge in [-0.2, -0.15) is 0 Å². The Morgan fingerprint density at radius 1 is 1.50 bits per heavy atom. The molecule has 112 valence electrons. The molecule has 2 atom stereocenters. The number of rotatable bonds is 4. The standard InChI is InChI=1S/C16H24ClFN2/c1-3-12(2)16-11-20(8-4-7-19-16)10-13-9-14(18)5-6-15(13)17/h5-6,9,12,16,19H,3-4,7-8,10-11H2,1-2H3. The van der Waals surface area contributed by atoms with Crippen molar-refractivity contribution in [1.82, 2.24) is 10.2 Å². The second-order valence-corrected chi connectivity index (χ2v) is 6.18. The molecule has 0 aromatic heterocycles. The van der Waals surface area contributed by atoms with E-state index in [0.717, 1.165) is 38.2 Å². The Bertz CT molecular complexity index is 438. The van der Waals surface area contributed by atoms with Gasteiger partial charge in [-0.25, -0.2) is 4.39 Å². The summed E-state index contributed by atoms with van der Waals surface area (Å²) in [7, 11) is 0. The summed E-state index contributed by atoms with van der Waals surface area (Å²) >= 11 is 6.17. The van der Waals surface area contributed by atoms with Crippen LogP contribution >= 0.6 is 11.6 Å². The molecule has 1 fully saturated rings. The molecule has 0 amide bonds. The Hall–Kier alpha value is -0.640. The van der Waals surface area contributed by atoms with Gasteiger partial charge in [-0.1, -0.05) is 31.9 Å². The highest BCUT2D eigenvalue weighted by Crippen LogP contribution is 2.21. The lowest BCUT2D eigenvalue weighted by molar-refractivity contribution is 0.231. The maximum absolute atomic E-state index is 13.4. The number of nitrogens with one attached hydrogen (secondary N) is 1. The predicted molar refractivity (Wildman–Crippen MR) is 82.5 cm³/mol. The van der Waals surface area contributed by atoms with E-state index in [9.17, 15) is 4.39 Å². The van der Waals surface area contributed by atoms with Crippen LogP contribution in [0, 0.1) is 11.7 Å². The lowest BCUT2D eigenvalue weighted by atomic mass is 9.99. The van der Waals surface area contributed by atoms with Crippen LogP contribution in [0.25, 0.3) is 0 Å². The van der Waals surface area contributed by atoms with Crippen molar-refractivity contribution in [3.63, 3.8) is 0 Å². The summed E-state index contributed by atoms with van der Waals surface area (Å²) < 4.78 is 13.4. The summed E-state index contributed by atoms with van der Waals surface area (Å²) in [6, 6.07) is 5.13. The van der Waals surface area contributed by atoms with Crippen molar-refractivity contribution in [3.8, 4) is 0 Å². The molecule has 0 bridgehead atoms. The molecule has 1 saturated heterocycles. The zero-order valence-electron chi connectivity index (χ0n) is 12.3. The van der Waals surface area contributed by atoms with Crippen molar-refractivity contribution < 1.29 is 4.39 Å². The van der Waals surface area contributed by atoms with Gasteiger partial charge in [-0.3, -0.25) is 4.90 Å². The summed E-state index contributed by atoms with van der Waals surface area (Å²) in [6.45, 7) is 8.34. The minimum Gasteiger partial charge on any atom is -0.312 e. The van der Waals surface area contributed by atoms with Gasteiger partial charge in [0.25, 0.3) is 0 Å². The third-order valence-electron chi connectivity index (χ3n) is 4.25. The van der Waals surface area contributed by atoms with Gasteiger partial charge < -0.3 is 5.32 Å². The van der Waals surface area contributed by atoms with Gasteiger partial charge in [0.1, 0.15) is 5.82 Å². The molecule has 0 radical (unpaired) electrons. The van der Waals surface area contributed by atoms with Gasteiger partial charge in [0.2, 0.25) is 0 Å². The van der Waals surface area contributed by atoms with Crippen molar-refractivity contribution in [3.05, 3.63) is 34.6 Å². The normalized spacial score (nSPS) is 22.5. The Kier molecular flexibility index (Phi) is 5.82. The molecule has 1 aliphatic heterocycles. The van der Waals surface area contributed by atoms with Gasteiger partial charge in [0.15, 0.2) is 0 Å². The van der Waals surface area contributed by atoms with E-state index in [1.165, 1.54) is 12.5 Å². The fraction of sp³-hybridized carbons (Fsp3) is 0.625. The minimum atomic E-state index is -0.212. The van der Waals surface area contributed by atoms with E-state index in [1.54, 1.807) is 12.1 Å². The average molecular weight is 299 g/mol. The van der Waals surface area contributed by atoms with E-state index in [-0.39, 0.29) is 5.82 Å². The number of halogens is 2. The second-order valence-electron chi connectivity index (χ2n) is 5.77. The quantitative estimate of drug-likeness (QED) is 0.912. The predicted octanol–water partition coefficient (Wildman–Crippen LogP) is 3.69. The highest BCUT2D eigenvalue weighted by Gasteiger charge is 2.22. The molecule has 1 aromatic carbocycles. The summed E-state index contributed by atoms with van der Waals surface area (Å²) in [5.41, 5.74) is 0.886.